The number of H-pyrrole nitrogens is 1. The molecule has 4 rings (SSSR count). The molecule has 2 heteroatoms. The molecule has 1 aromatic heterocycles. The van der Waals surface area contributed by atoms with E-state index in [9.17, 15) is 4.79 Å². The van der Waals surface area contributed by atoms with Gasteiger partial charge in [0, 0.05) is 22.7 Å². The van der Waals surface area contributed by atoms with Crippen LogP contribution in [0.25, 0.3) is 33.8 Å². The van der Waals surface area contributed by atoms with Gasteiger partial charge in [-0.3, -0.25) is 4.79 Å². The van der Waals surface area contributed by atoms with Crippen LogP contribution in [0.1, 0.15) is 16.8 Å². The molecule has 4 aromatic rings. The van der Waals surface area contributed by atoms with E-state index in [4.69, 9.17) is 0 Å². The quantitative estimate of drug-likeness (QED) is 0.545. The van der Waals surface area contributed by atoms with Crippen molar-refractivity contribution in [2.75, 3.05) is 0 Å². The van der Waals surface area contributed by atoms with Crippen molar-refractivity contribution >= 4 is 33.8 Å². The maximum atomic E-state index is 12.3. The highest BCUT2D eigenvalue weighted by atomic mass is 16.1. The number of aromatic nitrogens is 1. The van der Waals surface area contributed by atoms with Crippen molar-refractivity contribution in [1.29, 1.82) is 0 Å². The van der Waals surface area contributed by atoms with Gasteiger partial charge >= 0.3 is 0 Å². The van der Waals surface area contributed by atoms with Crippen LogP contribution in [0.2, 0.25) is 0 Å². The normalized spacial score (nSPS) is 11.5. The van der Waals surface area contributed by atoms with Gasteiger partial charge in [0.1, 0.15) is 0 Å². The number of nitrogens with one attached hydrogen (secondary N) is 1. The topological polar surface area (TPSA) is 32.9 Å². The van der Waals surface area contributed by atoms with E-state index in [1.807, 2.05) is 55.5 Å². The van der Waals surface area contributed by atoms with E-state index in [0.29, 0.717) is 0 Å². The lowest BCUT2D eigenvalue weighted by molar-refractivity contribution is 1.34. The molecule has 0 atom stereocenters. The molecule has 24 heavy (non-hydrogen) atoms. The Hall–Kier alpha value is -3.13. The summed E-state index contributed by atoms with van der Waals surface area (Å²) in [5.41, 5.74) is 3.95. The summed E-state index contributed by atoms with van der Waals surface area (Å²) in [4.78, 5) is 15.6. The van der Waals surface area contributed by atoms with Crippen molar-refractivity contribution in [3.05, 3.63) is 93.8 Å². The summed E-state index contributed by atoms with van der Waals surface area (Å²) < 4.78 is 0. The Kier molecular flexibility index (Phi) is 3.51. The third-order valence-electron chi connectivity index (χ3n) is 4.27. The van der Waals surface area contributed by atoms with Crippen molar-refractivity contribution < 1.29 is 0 Å². The van der Waals surface area contributed by atoms with Crippen molar-refractivity contribution in [2.45, 2.75) is 6.92 Å². The zero-order chi connectivity index (χ0) is 16.5. The molecule has 0 spiro atoms. The predicted molar refractivity (Wildman–Crippen MR) is 102 cm³/mol. The SMILES string of the molecule is Cc1ccc2[nH]c(/C=C/c3cccc4ccccc34)cc(=O)c2c1. The van der Waals surface area contributed by atoms with E-state index >= 15 is 0 Å². The van der Waals surface area contributed by atoms with Gasteiger partial charge in [0.15, 0.2) is 5.43 Å². The van der Waals surface area contributed by atoms with Gasteiger partial charge in [-0.1, -0.05) is 60.2 Å². The van der Waals surface area contributed by atoms with Gasteiger partial charge in [-0.15, -0.1) is 0 Å². The smallest absolute Gasteiger partial charge is 0.189 e. The largest absolute Gasteiger partial charge is 0.355 e. The van der Waals surface area contributed by atoms with Crippen LogP contribution >= 0.6 is 0 Å². The lowest BCUT2D eigenvalue weighted by Crippen LogP contribution is -2.03. The molecule has 116 valence electrons. The maximum absolute atomic E-state index is 12.3. The Morgan fingerprint density at radius 1 is 0.833 bits per heavy atom. The first-order valence-electron chi connectivity index (χ1n) is 8.00. The molecule has 0 radical (unpaired) electrons. The molecule has 2 nitrogen and oxygen atoms in total. The Bertz CT molecular complexity index is 1130. The molecule has 0 aliphatic rings. The van der Waals surface area contributed by atoms with Crippen molar-refractivity contribution in [3.8, 4) is 0 Å². The fourth-order valence-corrected chi connectivity index (χ4v) is 3.05. The van der Waals surface area contributed by atoms with Gasteiger partial charge in [0.2, 0.25) is 0 Å². The van der Waals surface area contributed by atoms with Gasteiger partial charge in [-0.2, -0.15) is 0 Å². The number of hydrogen-bond acceptors (Lipinski definition) is 1. The second-order valence-electron chi connectivity index (χ2n) is 6.04. The first-order valence-corrected chi connectivity index (χ1v) is 8.00. The van der Waals surface area contributed by atoms with E-state index in [1.165, 1.54) is 10.8 Å². The molecule has 1 heterocycles. The summed E-state index contributed by atoms with van der Waals surface area (Å²) >= 11 is 0. The fraction of sp³-hybridized carbons (Fsp3) is 0.0455. The summed E-state index contributed by atoms with van der Waals surface area (Å²) in [7, 11) is 0. The lowest BCUT2D eigenvalue weighted by Gasteiger charge is -2.03. The molecule has 0 fully saturated rings. The summed E-state index contributed by atoms with van der Waals surface area (Å²) in [5.74, 6) is 0. The molecule has 0 bridgehead atoms. The van der Waals surface area contributed by atoms with Crippen molar-refractivity contribution in [1.82, 2.24) is 4.98 Å². The van der Waals surface area contributed by atoms with Crippen molar-refractivity contribution in [2.24, 2.45) is 0 Å². The van der Waals surface area contributed by atoms with E-state index in [0.717, 1.165) is 27.7 Å². The lowest BCUT2D eigenvalue weighted by atomic mass is 10.0. The molecule has 1 N–H and O–H groups in total. The fourth-order valence-electron chi connectivity index (χ4n) is 3.05. The number of fused-ring (bicyclic) bond motifs is 2. The second kappa shape index (κ2) is 5.82. The minimum absolute atomic E-state index is 0.0463. The zero-order valence-corrected chi connectivity index (χ0v) is 13.4. The Balaban J connectivity index is 1.80. The van der Waals surface area contributed by atoms with Gasteiger partial charge in [0.05, 0.1) is 0 Å². The maximum Gasteiger partial charge on any atom is 0.189 e. The first kappa shape index (κ1) is 14.5. The molecule has 0 unspecified atom stereocenters. The number of pyridine rings is 1. The standard InChI is InChI=1S/C22H17NO/c1-15-9-12-21-20(13-15)22(24)14-18(23-21)11-10-17-7-4-6-16-5-2-3-8-19(16)17/h2-14H,1H3,(H,23,24)/b11-10+. The number of aryl methyl sites for hydroxylation is 1. The Morgan fingerprint density at radius 2 is 1.67 bits per heavy atom. The van der Waals surface area contributed by atoms with Crippen LogP contribution < -0.4 is 5.43 Å². The number of hydrogen-bond donors (Lipinski definition) is 1. The van der Waals surface area contributed by atoms with Crippen LogP contribution in [0.4, 0.5) is 0 Å². The van der Waals surface area contributed by atoms with Crippen LogP contribution in [0.3, 0.4) is 0 Å². The van der Waals surface area contributed by atoms with Crippen LogP contribution in [-0.4, -0.2) is 4.98 Å². The molecule has 0 saturated heterocycles. The first-order chi connectivity index (χ1) is 11.7. The van der Waals surface area contributed by atoms with E-state index in [1.54, 1.807) is 6.07 Å². The monoisotopic (exact) mass is 311 g/mol. The van der Waals surface area contributed by atoms with Crippen LogP contribution in [0.5, 0.6) is 0 Å². The number of benzene rings is 3. The van der Waals surface area contributed by atoms with E-state index in [2.05, 4.69) is 29.2 Å². The summed E-state index contributed by atoms with van der Waals surface area (Å²) in [6, 6.07) is 22.1. The predicted octanol–water partition coefficient (Wildman–Crippen LogP) is 5.16. The zero-order valence-electron chi connectivity index (χ0n) is 13.4. The Labute approximate surface area is 140 Å². The van der Waals surface area contributed by atoms with Gasteiger partial charge in [0.25, 0.3) is 0 Å². The van der Waals surface area contributed by atoms with Crippen molar-refractivity contribution in [3.63, 3.8) is 0 Å². The van der Waals surface area contributed by atoms with Crippen LogP contribution in [0.15, 0.2) is 71.5 Å². The Morgan fingerprint density at radius 3 is 2.58 bits per heavy atom. The molecular formula is C22H17NO. The molecule has 0 aliphatic heterocycles. The average molecular weight is 311 g/mol. The van der Waals surface area contributed by atoms with Crippen LogP contribution in [-0.2, 0) is 0 Å². The minimum atomic E-state index is 0.0463. The molecule has 0 aliphatic carbocycles. The molecule has 0 amide bonds. The minimum Gasteiger partial charge on any atom is -0.355 e. The average Bonchev–Trinajstić information content (AvgIpc) is 2.60. The van der Waals surface area contributed by atoms with Gasteiger partial charge in [-0.25, -0.2) is 0 Å². The van der Waals surface area contributed by atoms with Crippen LogP contribution in [0, 0.1) is 6.92 Å². The summed E-state index contributed by atoms with van der Waals surface area (Å²) in [6.07, 6.45) is 4.01. The second-order valence-corrected chi connectivity index (χ2v) is 6.04. The number of aromatic amines is 1. The van der Waals surface area contributed by atoms with E-state index in [-0.39, 0.29) is 5.43 Å². The van der Waals surface area contributed by atoms with Gasteiger partial charge in [-0.05, 0) is 41.5 Å². The molecule has 0 saturated carbocycles. The van der Waals surface area contributed by atoms with Gasteiger partial charge < -0.3 is 4.98 Å². The molecular weight excluding hydrogens is 294 g/mol. The van der Waals surface area contributed by atoms with E-state index < -0.39 is 0 Å². The summed E-state index contributed by atoms with van der Waals surface area (Å²) in [5, 5.41) is 3.15. The molecule has 3 aromatic carbocycles. The third kappa shape index (κ3) is 2.63. The highest BCUT2D eigenvalue weighted by molar-refractivity contribution is 5.93. The highest BCUT2D eigenvalue weighted by Crippen LogP contribution is 2.20. The third-order valence-corrected chi connectivity index (χ3v) is 4.27. The summed E-state index contributed by atoms with van der Waals surface area (Å²) in [6.45, 7) is 1.99. The number of rotatable bonds is 2. The highest BCUT2D eigenvalue weighted by Gasteiger charge is 2.01.